The van der Waals surface area contributed by atoms with Gasteiger partial charge in [-0.15, -0.1) is 0 Å². The van der Waals surface area contributed by atoms with Gasteiger partial charge in [0.05, 0.1) is 31.8 Å². The standard InChI is InChI=1S/C59H70Cl2N2O10.2Na/c1-35(2)10-6-11-36(3)49-20-21-50-46-19-18-42-26-37(22-24-58(42,4)51(46)23-25-59(49,50)5)12-9-17-45(40-29-47(56(64)65)54(52(60)31-40)72-33-38-13-7-15-43(27-38)62(68)69)41-30-48(57(66)67)55(53(61)32-41)73-34-39-14-8-16-44(28-39)63(70)71;;/h7-8,13-17,27-32,35-37,42,46,49-51H,6,9-12,18-26,33-34H2,1-5H3,(H,64,65)(H,66,67);;/q;2*+1/p-2/t36?,37-,42?,46-,49+,50-,51-,58-,59+;;/m0../s1. The van der Waals surface area contributed by atoms with Crippen LogP contribution in [0, 0.1) is 78.4 Å². The van der Waals surface area contributed by atoms with E-state index in [0.29, 0.717) is 56.9 Å². The van der Waals surface area contributed by atoms with Gasteiger partial charge in [0, 0.05) is 35.4 Å². The van der Waals surface area contributed by atoms with Crippen molar-refractivity contribution in [2.24, 2.45) is 58.2 Å². The van der Waals surface area contributed by atoms with Crippen molar-refractivity contribution >= 4 is 52.1 Å². The summed E-state index contributed by atoms with van der Waals surface area (Å²) in [5.41, 5.74) is 1.63. The maximum atomic E-state index is 12.8. The van der Waals surface area contributed by atoms with Gasteiger partial charge in [-0.1, -0.05) is 107 Å². The maximum Gasteiger partial charge on any atom is 1.00 e. The van der Waals surface area contributed by atoms with E-state index in [4.69, 9.17) is 32.7 Å². The number of halogens is 2. The summed E-state index contributed by atoms with van der Waals surface area (Å²) in [5, 5.41) is 48.3. The SMILES string of the molecule is CC(C)CCCC(C)[C@H]1CC[C@H]2[C@@H]3CCC4C[C@@H](CCC=C(c5cc(Cl)c(OCc6cccc([N+](=O)[O-])c6)c(C(=O)[O-])c5)c5cc(Cl)c(OCc6cccc([N+](=O)[O-])c6)c(C(=O)[O-])c5)CC[C@]4(C)[C@H]3CC[C@]12C.[Na+].[Na+]. The van der Waals surface area contributed by atoms with Crippen molar-refractivity contribution in [3.8, 4) is 11.5 Å². The molecule has 75 heavy (non-hydrogen) atoms. The molecule has 0 aliphatic heterocycles. The van der Waals surface area contributed by atoms with Crippen LogP contribution >= 0.6 is 23.2 Å². The Morgan fingerprint density at radius 1 is 0.707 bits per heavy atom. The minimum Gasteiger partial charge on any atom is -0.545 e. The molecule has 0 N–H and O–H groups in total. The number of hydrogen-bond donors (Lipinski definition) is 0. The van der Waals surface area contributed by atoms with Crippen LogP contribution in [0.5, 0.6) is 11.5 Å². The normalized spacial score (nSPS) is 25.0. The summed E-state index contributed by atoms with van der Waals surface area (Å²) in [7, 11) is 0. The molecule has 390 valence electrons. The van der Waals surface area contributed by atoms with E-state index in [2.05, 4.69) is 34.6 Å². The first-order valence-electron chi connectivity index (χ1n) is 26.3. The monoisotopic (exact) mass is 1080 g/mol. The van der Waals surface area contributed by atoms with Gasteiger partial charge in [0.2, 0.25) is 0 Å². The van der Waals surface area contributed by atoms with E-state index in [0.717, 1.165) is 54.8 Å². The number of carbonyl (C=O) groups is 2. The van der Waals surface area contributed by atoms with Crippen LogP contribution < -0.4 is 78.8 Å². The number of carboxylic acid groups (broad SMARTS) is 2. The molecule has 16 heteroatoms. The van der Waals surface area contributed by atoms with E-state index >= 15 is 0 Å². The van der Waals surface area contributed by atoms with Gasteiger partial charge >= 0.3 is 59.1 Å². The number of allylic oxidation sites excluding steroid dienone is 1. The van der Waals surface area contributed by atoms with Crippen molar-refractivity contribution in [1.29, 1.82) is 0 Å². The number of nitrogens with zero attached hydrogens (tertiary/aromatic N) is 2. The molecule has 4 aromatic rings. The van der Waals surface area contributed by atoms with Crippen LogP contribution in [0.2, 0.25) is 10.0 Å². The van der Waals surface area contributed by atoms with Crippen LogP contribution in [0.25, 0.3) is 5.57 Å². The molecule has 4 aliphatic carbocycles. The number of carbonyl (C=O) groups excluding carboxylic acids is 2. The van der Waals surface area contributed by atoms with Crippen molar-refractivity contribution in [3.05, 3.63) is 143 Å². The Morgan fingerprint density at radius 2 is 1.24 bits per heavy atom. The van der Waals surface area contributed by atoms with Gasteiger partial charge in [0.15, 0.2) is 0 Å². The second-order valence-electron chi connectivity index (χ2n) is 22.7. The van der Waals surface area contributed by atoms with E-state index in [-0.39, 0.29) is 116 Å². The molecule has 8 rings (SSSR count). The van der Waals surface area contributed by atoms with Crippen molar-refractivity contribution in [1.82, 2.24) is 0 Å². The van der Waals surface area contributed by atoms with Crippen molar-refractivity contribution in [2.75, 3.05) is 0 Å². The second-order valence-corrected chi connectivity index (χ2v) is 23.5. The number of hydrogen-bond acceptors (Lipinski definition) is 10. The van der Waals surface area contributed by atoms with Gasteiger partial charge in [-0.25, -0.2) is 0 Å². The molecule has 0 saturated heterocycles. The summed E-state index contributed by atoms with van der Waals surface area (Å²) >= 11 is 13.7. The number of nitro benzene ring substituents is 2. The second kappa shape index (κ2) is 26.0. The van der Waals surface area contributed by atoms with Crippen LogP contribution in [0.1, 0.15) is 167 Å². The number of nitro groups is 2. The molecular formula is C59H68Cl2N2Na2O10. The molecular weight excluding hydrogens is 1010 g/mol. The molecule has 0 spiro atoms. The van der Waals surface area contributed by atoms with E-state index in [1.165, 1.54) is 125 Å². The topological polar surface area (TPSA) is 185 Å². The Labute approximate surface area is 496 Å². The quantitative estimate of drug-likeness (QED) is 0.0484. The fourth-order valence-corrected chi connectivity index (χ4v) is 15.0. The molecule has 0 bridgehead atoms. The third kappa shape index (κ3) is 13.5. The Bertz CT molecular complexity index is 2640. The number of non-ortho nitro benzene ring substituents is 2. The van der Waals surface area contributed by atoms with Crippen molar-refractivity contribution in [3.63, 3.8) is 0 Å². The number of aromatic carboxylic acids is 2. The van der Waals surface area contributed by atoms with Crippen LogP contribution in [-0.2, 0) is 13.2 Å². The predicted molar refractivity (Wildman–Crippen MR) is 279 cm³/mol. The van der Waals surface area contributed by atoms with Gasteiger partial charge in [0.1, 0.15) is 24.7 Å². The molecule has 12 nitrogen and oxygen atoms in total. The summed E-state index contributed by atoms with van der Waals surface area (Å²) in [4.78, 5) is 47.4. The minimum atomic E-state index is -1.59. The van der Waals surface area contributed by atoms with Crippen molar-refractivity contribution < 1.29 is 98.2 Å². The summed E-state index contributed by atoms with van der Waals surface area (Å²) in [6, 6.07) is 17.3. The molecule has 9 atom stereocenters. The number of rotatable bonds is 20. The van der Waals surface area contributed by atoms with Crippen molar-refractivity contribution in [2.45, 2.75) is 138 Å². The fourth-order valence-electron chi connectivity index (χ4n) is 14.4. The smallest absolute Gasteiger partial charge is 0.545 e. The predicted octanol–water partition coefficient (Wildman–Crippen LogP) is 7.65. The average molecular weight is 1080 g/mol. The number of benzene rings is 4. The zero-order valence-electron chi connectivity index (χ0n) is 44.7. The average Bonchev–Trinajstić information content (AvgIpc) is 3.71. The molecule has 0 aromatic heterocycles. The van der Waals surface area contributed by atoms with E-state index in [1.807, 2.05) is 6.08 Å². The summed E-state index contributed by atoms with van der Waals surface area (Å²) < 4.78 is 11.8. The van der Waals surface area contributed by atoms with Crippen LogP contribution in [0.3, 0.4) is 0 Å². The van der Waals surface area contributed by atoms with E-state index < -0.39 is 21.8 Å². The molecule has 0 heterocycles. The van der Waals surface area contributed by atoms with Crippen LogP contribution in [0.4, 0.5) is 11.4 Å². The first-order chi connectivity index (χ1) is 34.8. The molecule has 4 aromatic carbocycles. The molecule has 2 unspecified atom stereocenters. The summed E-state index contributed by atoms with van der Waals surface area (Å²) in [6.07, 6.45) is 18.9. The molecule has 0 radical (unpaired) electrons. The summed E-state index contributed by atoms with van der Waals surface area (Å²) in [5.74, 6) is 2.29. The molecule has 0 amide bonds. The van der Waals surface area contributed by atoms with Gasteiger partial charge in [-0.3, -0.25) is 20.2 Å². The van der Waals surface area contributed by atoms with E-state index in [9.17, 15) is 40.0 Å². The Kier molecular flexibility index (Phi) is 21.1. The zero-order chi connectivity index (χ0) is 52.4. The van der Waals surface area contributed by atoms with Gasteiger partial charge in [-0.05, 0) is 181 Å². The minimum absolute atomic E-state index is 0. The van der Waals surface area contributed by atoms with Crippen LogP contribution in [0.15, 0.2) is 78.9 Å². The first-order valence-corrected chi connectivity index (χ1v) is 27.1. The van der Waals surface area contributed by atoms with Crippen LogP contribution in [-0.4, -0.2) is 21.8 Å². The van der Waals surface area contributed by atoms with Gasteiger partial charge in [-0.2, -0.15) is 0 Å². The zero-order valence-corrected chi connectivity index (χ0v) is 50.2. The molecule has 4 saturated carbocycles. The van der Waals surface area contributed by atoms with E-state index in [1.54, 1.807) is 12.1 Å². The maximum absolute atomic E-state index is 12.8. The first kappa shape index (κ1) is 60.8. The number of carboxylic acids is 2. The van der Waals surface area contributed by atoms with Gasteiger partial charge < -0.3 is 29.3 Å². The third-order valence-electron chi connectivity index (χ3n) is 18.1. The number of fused-ring (bicyclic) bond motifs is 5. The molecule has 4 aliphatic rings. The Morgan fingerprint density at radius 3 is 1.76 bits per heavy atom. The third-order valence-corrected chi connectivity index (χ3v) is 18.6. The fraction of sp³-hybridized carbons (Fsp3) is 0.525. The van der Waals surface area contributed by atoms with Gasteiger partial charge in [0.25, 0.3) is 11.4 Å². The summed E-state index contributed by atoms with van der Waals surface area (Å²) in [6.45, 7) is 12.0. The molecule has 4 fully saturated rings. The Hall–Kier alpha value is -3.46. The number of ether oxygens (including phenoxy) is 2. The largest absolute Gasteiger partial charge is 1.00 e. The Balaban J connectivity index is 0.00000457.